The zero-order valence-electron chi connectivity index (χ0n) is 12.1. The molecule has 4 heteroatoms. The largest absolute Gasteiger partial charge is 0.491 e. The third kappa shape index (κ3) is 5.10. The molecular formula is C17H18N2O2. The van der Waals surface area contributed by atoms with E-state index in [0.29, 0.717) is 5.69 Å². The van der Waals surface area contributed by atoms with Gasteiger partial charge in [0.15, 0.2) is 0 Å². The van der Waals surface area contributed by atoms with Crippen LogP contribution in [0.1, 0.15) is 19.4 Å². The summed E-state index contributed by atoms with van der Waals surface area (Å²) in [5, 5.41) is 2.74. The molecule has 2 rings (SSSR count). The van der Waals surface area contributed by atoms with Crippen LogP contribution in [0.3, 0.4) is 0 Å². The van der Waals surface area contributed by atoms with Gasteiger partial charge >= 0.3 is 0 Å². The van der Waals surface area contributed by atoms with E-state index in [9.17, 15) is 4.79 Å². The van der Waals surface area contributed by atoms with Crippen LogP contribution in [0.2, 0.25) is 0 Å². The lowest BCUT2D eigenvalue weighted by molar-refractivity contribution is -0.111. The lowest BCUT2D eigenvalue weighted by atomic mass is 10.2. The van der Waals surface area contributed by atoms with Crippen molar-refractivity contribution in [3.8, 4) is 5.75 Å². The summed E-state index contributed by atoms with van der Waals surface area (Å²) in [5.74, 6) is 0.595. The van der Waals surface area contributed by atoms with Crippen LogP contribution >= 0.6 is 0 Å². The maximum absolute atomic E-state index is 11.8. The van der Waals surface area contributed by atoms with Crippen LogP contribution in [-0.2, 0) is 4.79 Å². The van der Waals surface area contributed by atoms with Crippen molar-refractivity contribution in [2.45, 2.75) is 20.0 Å². The Morgan fingerprint density at radius 2 is 2.14 bits per heavy atom. The van der Waals surface area contributed by atoms with Gasteiger partial charge in [0.1, 0.15) is 5.75 Å². The first-order chi connectivity index (χ1) is 10.1. The van der Waals surface area contributed by atoms with Gasteiger partial charge in [0.2, 0.25) is 5.91 Å². The molecule has 0 spiro atoms. The molecule has 0 bridgehead atoms. The van der Waals surface area contributed by atoms with E-state index in [2.05, 4.69) is 10.3 Å². The number of rotatable bonds is 5. The number of ether oxygens (including phenoxy) is 1. The van der Waals surface area contributed by atoms with Crippen LogP contribution < -0.4 is 10.1 Å². The summed E-state index contributed by atoms with van der Waals surface area (Å²) in [7, 11) is 0. The van der Waals surface area contributed by atoms with Gasteiger partial charge in [-0.1, -0.05) is 12.1 Å². The minimum absolute atomic E-state index is 0.123. The van der Waals surface area contributed by atoms with E-state index < -0.39 is 0 Å². The Morgan fingerprint density at radius 3 is 2.86 bits per heavy atom. The number of nitrogens with zero attached hydrogens (tertiary/aromatic N) is 1. The molecular weight excluding hydrogens is 264 g/mol. The molecule has 1 amide bonds. The fourth-order valence-electron chi connectivity index (χ4n) is 1.76. The second-order valence-electron chi connectivity index (χ2n) is 4.80. The number of nitrogens with one attached hydrogen (secondary N) is 1. The van der Waals surface area contributed by atoms with E-state index in [1.54, 1.807) is 30.6 Å². The standard InChI is InChI=1S/C17H18N2O2/c1-13(2)21-16-7-3-5-14(11-16)8-9-17(20)19-15-6-4-10-18-12-15/h3-13H,1-2H3,(H,19,20)/b9-8+. The molecule has 0 fully saturated rings. The number of hydrogen-bond donors (Lipinski definition) is 1. The molecule has 0 unspecified atom stereocenters. The first-order valence-corrected chi connectivity index (χ1v) is 6.79. The van der Waals surface area contributed by atoms with Crippen LogP contribution in [0.5, 0.6) is 5.75 Å². The van der Waals surface area contributed by atoms with E-state index in [-0.39, 0.29) is 12.0 Å². The van der Waals surface area contributed by atoms with Crippen LogP contribution in [0.25, 0.3) is 6.08 Å². The van der Waals surface area contributed by atoms with Crippen LogP contribution in [0.15, 0.2) is 54.9 Å². The van der Waals surface area contributed by atoms with Crippen molar-refractivity contribution >= 4 is 17.7 Å². The minimum Gasteiger partial charge on any atom is -0.491 e. The molecule has 1 N–H and O–H groups in total. The zero-order valence-corrected chi connectivity index (χ0v) is 12.1. The maximum Gasteiger partial charge on any atom is 0.248 e. The number of carbonyl (C=O) groups excluding carboxylic acids is 1. The molecule has 1 aromatic carbocycles. The molecule has 0 aliphatic heterocycles. The van der Waals surface area contributed by atoms with Crippen molar-refractivity contribution in [1.29, 1.82) is 0 Å². The summed E-state index contributed by atoms with van der Waals surface area (Å²) >= 11 is 0. The summed E-state index contributed by atoms with van der Waals surface area (Å²) in [6.07, 6.45) is 6.62. The number of aromatic nitrogens is 1. The van der Waals surface area contributed by atoms with E-state index >= 15 is 0 Å². The average molecular weight is 282 g/mol. The van der Waals surface area contributed by atoms with Gasteiger partial charge in [-0.05, 0) is 49.8 Å². The lowest BCUT2D eigenvalue weighted by Crippen LogP contribution is -2.07. The van der Waals surface area contributed by atoms with Gasteiger partial charge in [0.05, 0.1) is 18.0 Å². The molecule has 0 aliphatic carbocycles. The fraction of sp³-hybridized carbons (Fsp3) is 0.176. The molecule has 0 saturated heterocycles. The molecule has 1 aromatic heterocycles. The number of amides is 1. The van der Waals surface area contributed by atoms with E-state index in [1.807, 2.05) is 38.1 Å². The van der Waals surface area contributed by atoms with Crippen molar-refractivity contribution in [3.63, 3.8) is 0 Å². The van der Waals surface area contributed by atoms with Crippen LogP contribution in [0, 0.1) is 0 Å². The Hall–Kier alpha value is -2.62. The SMILES string of the molecule is CC(C)Oc1cccc(/C=C/C(=O)Nc2cccnc2)c1. The minimum atomic E-state index is -0.196. The lowest BCUT2D eigenvalue weighted by Gasteiger charge is -2.09. The highest BCUT2D eigenvalue weighted by Crippen LogP contribution is 2.16. The van der Waals surface area contributed by atoms with Crippen molar-refractivity contribution < 1.29 is 9.53 Å². The third-order valence-corrected chi connectivity index (χ3v) is 2.59. The summed E-state index contributed by atoms with van der Waals surface area (Å²) in [5.41, 5.74) is 1.58. The highest BCUT2D eigenvalue weighted by atomic mass is 16.5. The molecule has 108 valence electrons. The van der Waals surface area contributed by atoms with E-state index in [0.717, 1.165) is 11.3 Å². The van der Waals surface area contributed by atoms with Crippen molar-refractivity contribution in [2.24, 2.45) is 0 Å². The molecule has 21 heavy (non-hydrogen) atoms. The predicted octanol–water partition coefficient (Wildman–Crippen LogP) is 3.52. The zero-order chi connectivity index (χ0) is 15.1. The molecule has 0 radical (unpaired) electrons. The van der Waals surface area contributed by atoms with Gasteiger partial charge in [0.25, 0.3) is 0 Å². The van der Waals surface area contributed by atoms with Crippen molar-refractivity contribution in [1.82, 2.24) is 4.98 Å². The topological polar surface area (TPSA) is 51.2 Å². The molecule has 1 heterocycles. The highest BCUT2D eigenvalue weighted by Gasteiger charge is 1.99. The summed E-state index contributed by atoms with van der Waals surface area (Å²) in [6, 6.07) is 11.2. The van der Waals surface area contributed by atoms with Gasteiger partial charge in [-0.2, -0.15) is 0 Å². The first kappa shape index (κ1) is 14.8. The number of benzene rings is 1. The van der Waals surface area contributed by atoms with Gasteiger partial charge in [-0.3, -0.25) is 9.78 Å². The Bertz CT molecular complexity index is 622. The summed E-state index contributed by atoms with van der Waals surface area (Å²) < 4.78 is 5.61. The van der Waals surface area contributed by atoms with Gasteiger partial charge in [-0.15, -0.1) is 0 Å². The van der Waals surface area contributed by atoms with Crippen LogP contribution in [0.4, 0.5) is 5.69 Å². The molecule has 0 saturated carbocycles. The first-order valence-electron chi connectivity index (χ1n) is 6.79. The Morgan fingerprint density at radius 1 is 1.29 bits per heavy atom. The van der Waals surface area contributed by atoms with Crippen molar-refractivity contribution in [2.75, 3.05) is 5.32 Å². The number of pyridine rings is 1. The van der Waals surface area contributed by atoms with E-state index in [4.69, 9.17) is 4.74 Å². The second-order valence-corrected chi connectivity index (χ2v) is 4.80. The maximum atomic E-state index is 11.8. The second kappa shape index (κ2) is 7.24. The smallest absolute Gasteiger partial charge is 0.248 e. The average Bonchev–Trinajstić information content (AvgIpc) is 2.46. The van der Waals surface area contributed by atoms with Crippen molar-refractivity contribution in [3.05, 3.63) is 60.4 Å². The summed E-state index contributed by atoms with van der Waals surface area (Å²) in [4.78, 5) is 15.7. The third-order valence-electron chi connectivity index (χ3n) is 2.59. The quantitative estimate of drug-likeness (QED) is 0.854. The highest BCUT2D eigenvalue weighted by molar-refractivity contribution is 6.01. The molecule has 2 aromatic rings. The fourth-order valence-corrected chi connectivity index (χ4v) is 1.76. The molecule has 4 nitrogen and oxygen atoms in total. The molecule has 0 atom stereocenters. The van der Waals surface area contributed by atoms with Gasteiger partial charge in [0, 0.05) is 12.3 Å². The Balaban J connectivity index is 1.98. The number of hydrogen-bond acceptors (Lipinski definition) is 3. The number of anilines is 1. The predicted molar refractivity (Wildman–Crippen MR) is 84.1 cm³/mol. The van der Waals surface area contributed by atoms with Gasteiger partial charge < -0.3 is 10.1 Å². The van der Waals surface area contributed by atoms with E-state index in [1.165, 1.54) is 6.08 Å². The van der Waals surface area contributed by atoms with Gasteiger partial charge in [-0.25, -0.2) is 0 Å². The monoisotopic (exact) mass is 282 g/mol. The Labute approximate surface area is 124 Å². The summed E-state index contributed by atoms with van der Waals surface area (Å²) in [6.45, 7) is 3.95. The molecule has 0 aliphatic rings. The Kier molecular flexibility index (Phi) is 5.10. The normalized spacial score (nSPS) is 10.8. The number of carbonyl (C=O) groups is 1. The van der Waals surface area contributed by atoms with Crippen LogP contribution in [-0.4, -0.2) is 17.0 Å².